The van der Waals surface area contributed by atoms with Gasteiger partial charge in [0, 0.05) is 0 Å². The lowest BCUT2D eigenvalue weighted by Gasteiger charge is -2.29. The van der Waals surface area contributed by atoms with Crippen molar-refractivity contribution < 1.29 is 18.8 Å². The van der Waals surface area contributed by atoms with Crippen LogP contribution in [0.4, 0.5) is 0 Å². The molecule has 0 radical (unpaired) electrons. The van der Waals surface area contributed by atoms with Crippen LogP contribution in [-0.2, 0) is 18.8 Å². The molecule has 0 aromatic carbocycles. The molecular formula is C12H22O4Si. The van der Waals surface area contributed by atoms with Gasteiger partial charge in [0.2, 0.25) is 5.76 Å². The van der Waals surface area contributed by atoms with E-state index in [-0.39, 0.29) is 11.2 Å². The fourth-order valence-corrected chi connectivity index (χ4v) is 4.55. The van der Waals surface area contributed by atoms with E-state index in [1.165, 1.54) is 0 Å². The van der Waals surface area contributed by atoms with Gasteiger partial charge in [0.1, 0.15) is 11.5 Å². The van der Waals surface area contributed by atoms with Crippen LogP contribution in [0, 0.1) is 0 Å². The van der Waals surface area contributed by atoms with Crippen molar-refractivity contribution in [1.82, 2.24) is 0 Å². The molecule has 0 saturated heterocycles. The summed E-state index contributed by atoms with van der Waals surface area (Å²) >= 11 is 0. The van der Waals surface area contributed by atoms with Gasteiger partial charge in [-0.1, -0.05) is 13.8 Å². The van der Waals surface area contributed by atoms with Gasteiger partial charge >= 0.3 is 0 Å². The molecule has 4 nitrogen and oxygen atoms in total. The predicted molar refractivity (Wildman–Crippen MR) is 68.8 cm³/mol. The van der Waals surface area contributed by atoms with E-state index >= 15 is 0 Å². The summed E-state index contributed by atoms with van der Waals surface area (Å²) in [7, 11) is -2.41. The zero-order valence-electron chi connectivity index (χ0n) is 11.3. The summed E-state index contributed by atoms with van der Waals surface area (Å²) in [5.74, 6) is 1.89. The van der Waals surface area contributed by atoms with E-state index in [1.807, 2.05) is 13.8 Å². The Hall–Kier alpha value is -0.903. The first kappa shape index (κ1) is 16.1. The van der Waals surface area contributed by atoms with E-state index < -0.39 is 14.4 Å². The molecule has 1 atom stereocenters. The molecule has 5 heteroatoms. The van der Waals surface area contributed by atoms with Crippen molar-refractivity contribution >= 4 is 19.7 Å². The first-order valence-electron chi connectivity index (χ1n) is 6.04. The molecule has 1 unspecified atom stereocenters. The van der Waals surface area contributed by atoms with E-state index in [9.17, 15) is 9.59 Å². The molecule has 0 bridgehead atoms. The van der Waals surface area contributed by atoms with E-state index in [0.29, 0.717) is 18.7 Å². The maximum atomic E-state index is 11.7. The van der Waals surface area contributed by atoms with Crippen molar-refractivity contribution in [2.24, 2.45) is 0 Å². The Bertz CT molecular complexity index is 304. The lowest BCUT2D eigenvalue weighted by molar-refractivity contribution is -0.112. The molecule has 0 aromatic rings. The molecule has 0 aliphatic rings. The summed E-state index contributed by atoms with van der Waals surface area (Å²) in [5, 5.41) is 0.107. The van der Waals surface area contributed by atoms with Crippen LogP contribution in [0.2, 0.25) is 12.1 Å². The van der Waals surface area contributed by atoms with Crippen molar-refractivity contribution in [1.29, 1.82) is 0 Å². The molecular weight excluding hydrogens is 236 g/mol. The Kier molecular flexibility index (Phi) is 7.03. The highest BCUT2D eigenvalue weighted by molar-refractivity contribution is 7.01. The molecule has 0 saturated carbocycles. The first-order chi connectivity index (χ1) is 7.97. The fourth-order valence-electron chi connectivity index (χ4n) is 1.77. The number of rotatable bonds is 8. The van der Waals surface area contributed by atoms with Gasteiger partial charge in [0.25, 0.3) is 8.32 Å². The van der Waals surface area contributed by atoms with Crippen LogP contribution < -0.4 is 0 Å². The van der Waals surface area contributed by atoms with E-state index in [0.717, 1.165) is 0 Å². The van der Waals surface area contributed by atoms with Crippen LogP contribution >= 0.6 is 0 Å². The Morgan fingerprint density at radius 3 is 2.12 bits per heavy atom. The van der Waals surface area contributed by atoms with E-state index in [1.54, 1.807) is 26.7 Å². The largest absolute Gasteiger partial charge is 0.485 e. The van der Waals surface area contributed by atoms with Gasteiger partial charge in [0.15, 0.2) is 5.94 Å². The van der Waals surface area contributed by atoms with Crippen LogP contribution in [0.3, 0.4) is 0 Å². The van der Waals surface area contributed by atoms with E-state index in [2.05, 4.69) is 0 Å². The minimum Gasteiger partial charge on any atom is -0.485 e. The summed E-state index contributed by atoms with van der Waals surface area (Å²) in [6.45, 7) is 9.39. The Labute approximate surface area is 104 Å². The second kappa shape index (κ2) is 7.43. The second-order valence-electron chi connectivity index (χ2n) is 3.92. The number of ether oxygens (including phenoxy) is 1. The van der Waals surface area contributed by atoms with Gasteiger partial charge in [-0.05, 0) is 32.9 Å². The van der Waals surface area contributed by atoms with Gasteiger partial charge in [0.05, 0.1) is 6.61 Å². The zero-order valence-corrected chi connectivity index (χ0v) is 12.3. The predicted octanol–water partition coefficient (Wildman–Crippen LogP) is 2.26. The minimum atomic E-state index is -2.41. The second-order valence-corrected chi connectivity index (χ2v) is 8.26. The first-order valence-corrected chi connectivity index (χ1v) is 8.36. The maximum Gasteiger partial charge on any atom is 0.264 e. The third-order valence-electron chi connectivity index (χ3n) is 2.96. The lowest BCUT2D eigenvalue weighted by atomic mass is 10.3. The van der Waals surface area contributed by atoms with Crippen LogP contribution in [0.25, 0.3) is 0 Å². The molecule has 0 aromatic heterocycles. The van der Waals surface area contributed by atoms with E-state index in [4.69, 9.17) is 9.16 Å². The van der Waals surface area contributed by atoms with Crippen LogP contribution in [0.5, 0.6) is 0 Å². The molecule has 0 N–H and O–H groups in total. The Morgan fingerprint density at radius 1 is 1.29 bits per heavy atom. The highest BCUT2D eigenvalue weighted by Crippen LogP contribution is 2.22. The lowest BCUT2D eigenvalue weighted by Crippen LogP contribution is -2.47. The molecule has 17 heavy (non-hydrogen) atoms. The maximum absolute atomic E-state index is 11.7. The SMILES string of the molecule is CCOC(=C=O)C(C)O[Si](CC)(CC)C(C)=O. The highest BCUT2D eigenvalue weighted by atomic mass is 28.4. The van der Waals surface area contributed by atoms with Crippen molar-refractivity contribution in [3.05, 3.63) is 5.76 Å². The fraction of sp³-hybridized carbons (Fsp3) is 0.750. The standard InChI is InChI=1S/C12H22O4Si/c1-6-15-12(9-13)10(4)16-17(7-2,8-3)11(5)14/h10H,6-8H2,1-5H3. The quantitative estimate of drug-likeness (QED) is 0.381. The minimum absolute atomic E-state index is 0.107. The molecule has 0 aliphatic heterocycles. The van der Waals surface area contributed by atoms with Gasteiger partial charge in [-0.2, -0.15) is 0 Å². The average Bonchev–Trinajstić information content (AvgIpc) is 2.32. The Morgan fingerprint density at radius 2 is 1.82 bits per heavy atom. The highest BCUT2D eigenvalue weighted by Gasteiger charge is 2.39. The van der Waals surface area contributed by atoms with Crippen molar-refractivity contribution in [2.75, 3.05) is 6.61 Å². The number of hydrogen-bond acceptors (Lipinski definition) is 4. The summed E-state index contributed by atoms with van der Waals surface area (Å²) in [6.07, 6.45) is -0.497. The molecule has 0 aliphatic carbocycles. The van der Waals surface area contributed by atoms with Gasteiger partial charge in [-0.15, -0.1) is 0 Å². The molecule has 0 heterocycles. The molecule has 0 amide bonds. The summed E-state index contributed by atoms with van der Waals surface area (Å²) in [6, 6.07) is 1.42. The molecule has 0 rings (SSSR count). The number of hydrogen-bond donors (Lipinski definition) is 0. The monoisotopic (exact) mass is 258 g/mol. The summed E-state index contributed by atoms with van der Waals surface area (Å²) in [5.41, 5.74) is 0. The average molecular weight is 258 g/mol. The topological polar surface area (TPSA) is 52.6 Å². The van der Waals surface area contributed by atoms with Crippen LogP contribution in [-0.4, -0.2) is 32.4 Å². The normalized spacial score (nSPS) is 12.8. The van der Waals surface area contributed by atoms with Gasteiger partial charge in [-0.25, -0.2) is 4.79 Å². The summed E-state index contributed by atoms with van der Waals surface area (Å²) < 4.78 is 11.0. The Balaban J connectivity index is 4.89. The molecule has 98 valence electrons. The van der Waals surface area contributed by atoms with Crippen molar-refractivity contribution in [3.8, 4) is 0 Å². The number of carbonyl (C=O) groups excluding carboxylic acids is 2. The third-order valence-corrected chi connectivity index (χ3v) is 7.33. The summed E-state index contributed by atoms with van der Waals surface area (Å²) in [4.78, 5) is 22.5. The van der Waals surface area contributed by atoms with Crippen LogP contribution in [0.15, 0.2) is 5.76 Å². The van der Waals surface area contributed by atoms with Gasteiger partial charge < -0.3 is 14.0 Å². The van der Waals surface area contributed by atoms with Gasteiger partial charge in [-0.3, -0.25) is 0 Å². The molecule has 0 fully saturated rings. The number of carbonyl (C=O) groups is 1. The smallest absolute Gasteiger partial charge is 0.264 e. The zero-order chi connectivity index (χ0) is 13.5. The van der Waals surface area contributed by atoms with Crippen molar-refractivity contribution in [2.45, 2.75) is 52.8 Å². The third kappa shape index (κ3) is 4.11. The van der Waals surface area contributed by atoms with Crippen LogP contribution in [0.1, 0.15) is 34.6 Å². The molecule has 0 spiro atoms. The van der Waals surface area contributed by atoms with Crippen molar-refractivity contribution in [3.63, 3.8) is 0 Å².